The molecule has 0 aliphatic rings. The molecular formula is C12H11ClN4O. The maximum Gasteiger partial charge on any atom is 0.271 e. The molecule has 0 aliphatic heterocycles. The molecule has 2 aromatic rings. The van der Waals surface area contributed by atoms with Gasteiger partial charge in [0.25, 0.3) is 5.91 Å². The molecule has 18 heavy (non-hydrogen) atoms. The predicted octanol–water partition coefficient (Wildman–Crippen LogP) is 1.64. The highest BCUT2D eigenvalue weighted by Crippen LogP contribution is 2.09. The van der Waals surface area contributed by atoms with Gasteiger partial charge in [-0.3, -0.25) is 4.79 Å². The third-order valence-electron chi connectivity index (χ3n) is 2.27. The van der Waals surface area contributed by atoms with Gasteiger partial charge in [0.15, 0.2) is 0 Å². The van der Waals surface area contributed by atoms with E-state index in [1.54, 1.807) is 12.1 Å². The quantitative estimate of drug-likeness (QED) is 0.881. The predicted molar refractivity (Wildman–Crippen MR) is 69.1 cm³/mol. The van der Waals surface area contributed by atoms with Crippen LogP contribution in [-0.4, -0.2) is 15.9 Å². The van der Waals surface area contributed by atoms with Gasteiger partial charge in [0, 0.05) is 11.6 Å². The van der Waals surface area contributed by atoms with Crippen LogP contribution in [0.1, 0.15) is 16.1 Å². The number of anilines is 1. The average Bonchev–Trinajstić information content (AvgIpc) is 2.38. The van der Waals surface area contributed by atoms with Gasteiger partial charge in [-0.1, -0.05) is 23.7 Å². The van der Waals surface area contributed by atoms with Gasteiger partial charge in [0.05, 0.1) is 12.4 Å². The molecule has 0 atom stereocenters. The van der Waals surface area contributed by atoms with E-state index in [0.717, 1.165) is 5.56 Å². The number of rotatable bonds is 3. The number of amides is 1. The fourth-order valence-corrected chi connectivity index (χ4v) is 1.46. The van der Waals surface area contributed by atoms with E-state index in [0.29, 0.717) is 11.6 Å². The van der Waals surface area contributed by atoms with Crippen LogP contribution < -0.4 is 11.1 Å². The largest absolute Gasteiger partial charge is 0.382 e. The molecule has 0 bridgehead atoms. The highest BCUT2D eigenvalue weighted by atomic mass is 35.5. The molecule has 0 saturated carbocycles. The van der Waals surface area contributed by atoms with Crippen molar-refractivity contribution in [3.05, 3.63) is 52.9 Å². The zero-order valence-corrected chi connectivity index (χ0v) is 10.2. The van der Waals surface area contributed by atoms with Crippen LogP contribution in [0.15, 0.2) is 36.7 Å². The van der Waals surface area contributed by atoms with Crippen molar-refractivity contribution in [1.29, 1.82) is 0 Å². The summed E-state index contributed by atoms with van der Waals surface area (Å²) in [7, 11) is 0. The molecule has 1 aromatic heterocycles. The number of carbonyl (C=O) groups excluding carboxylic acids is 1. The van der Waals surface area contributed by atoms with E-state index in [9.17, 15) is 4.79 Å². The molecule has 1 heterocycles. The van der Waals surface area contributed by atoms with Gasteiger partial charge in [-0.05, 0) is 17.7 Å². The van der Waals surface area contributed by atoms with Gasteiger partial charge in [-0.15, -0.1) is 0 Å². The van der Waals surface area contributed by atoms with Crippen LogP contribution in [0.2, 0.25) is 5.02 Å². The first-order valence-corrected chi connectivity index (χ1v) is 5.63. The maximum absolute atomic E-state index is 11.7. The van der Waals surface area contributed by atoms with Gasteiger partial charge >= 0.3 is 0 Å². The van der Waals surface area contributed by atoms with Gasteiger partial charge in [-0.25, -0.2) is 9.97 Å². The van der Waals surface area contributed by atoms with Crippen molar-refractivity contribution in [3.63, 3.8) is 0 Å². The van der Waals surface area contributed by atoms with Crippen molar-refractivity contribution in [2.45, 2.75) is 6.54 Å². The Morgan fingerprint density at radius 2 is 1.94 bits per heavy atom. The fourth-order valence-electron chi connectivity index (χ4n) is 1.33. The van der Waals surface area contributed by atoms with E-state index in [4.69, 9.17) is 17.3 Å². The Kier molecular flexibility index (Phi) is 3.74. The number of carbonyl (C=O) groups is 1. The van der Waals surface area contributed by atoms with E-state index >= 15 is 0 Å². The number of nitrogens with two attached hydrogens (primary N) is 1. The Balaban J connectivity index is 1.96. The van der Waals surface area contributed by atoms with Crippen molar-refractivity contribution in [2.75, 3.05) is 5.73 Å². The van der Waals surface area contributed by atoms with Crippen molar-refractivity contribution in [1.82, 2.24) is 15.3 Å². The number of halogens is 1. The first-order chi connectivity index (χ1) is 8.65. The van der Waals surface area contributed by atoms with E-state index in [1.165, 1.54) is 12.4 Å². The molecule has 0 spiro atoms. The van der Waals surface area contributed by atoms with Crippen molar-refractivity contribution in [2.24, 2.45) is 0 Å². The van der Waals surface area contributed by atoms with Crippen molar-refractivity contribution >= 4 is 23.3 Å². The molecule has 0 unspecified atom stereocenters. The summed E-state index contributed by atoms with van der Waals surface area (Å²) in [6.45, 7) is 0.405. The minimum atomic E-state index is -0.294. The number of hydrogen-bond donors (Lipinski definition) is 2. The van der Waals surface area contributed by atoms with Crippen LogP contribution in [0.25, 0.3) is 0 Å². The standard InChI is InChI=1S/C12H11ClN4O/c13-9-3-1-8(2-4-9)5-17-12(18)10-6-16-11(14)7-15-10/h1-4,6-7H,5H2,(H2,14,16)(H,17,18). The number of nitrogen functional groups attached to an aromatic ring is 1. The smallest absolute Gasteiger partial charge is 0.271 e. The fraction of sp³-hybridized carbons (Fsp3) is 0.0833. The lowest BCUT2D eigenvalue weighted by Gasteiger charge is -2.04. The third kappa shape index (κ3) is 3.18. The summed E-state index contributed by atoms with van der Waals surface area (Å²) in [4.78, 5) is 19.4. The zero-order valence-electron chi connectivity index (χ0n) is 9.43. The van der Waals surface area contributed by atoms with Gasteiger partial charge in [0.1, 0.15) is 11.5 Å². The van der Waals surface area contributed by atoms with Gasteiger partial charge < -0.3 is 11.1 Å². The van der Waals surface area contributed by atoms with Gasteiger partial charge in [-0.2, -0.15) is 0 Å². The van der Waals surface area contributed by atoms with E-state index in [-0.39, 0.29) is 17.4 Å². The van der Waals surface area contributed by atoms with Gasteiger partial charge in [0.2, 0.25) is 0 Å². The minimum Gasteiger partial charge on any atom is -0.382 e. The second-order valence-corrected chi connectivity index (χ2v) is 4.07. The number of nitrogens with zero attached hydrogens (tertiary/aromatic N) is 2. The summed E-state index contributed by atoms with van der Waals surface area (Å²) >= 11 is 5.77. The lowest BCUT2D eigenvalue weighted by atomic mass is 10.2. The molecule has 92 valence electrons. The molecule has 0 radical (unpaired) electrons. The zero-order chi connectivity index (χ0) is 13.0. The molecule has 0 fully saturated rings. The summed E-state index contributed by atoms with van der Waals surface area (Å²) in [6, 6.07) is 7.23. The summed E-state index contributed by atoms with van der Waals surface area (Å²) in [5, 5.41) is 3.39. The molecule has 5 nitrogen and oxygen atoms in total. The molecule has 0 aliphatic carbocycles. The normalized spacial score (nSPS) is 10.1. The Hall–Kier alpha value is -2.14. The molecule has 6 heteroatoms. The van der Waals surface area contributed by atoms with E-state index in [1.807, 2.05) is 12.1 Å². The topological polar surface area (TPSA) is 80.9 Å². The molecule has 0 saturated heterocycles. The summed E-state index contributed by atoms with van der Waals surface area (Å²) < 4.78 is 0. The number of aromatic nitrogens is 2. The monoisotopic (exact) mass is 262 g/mol. The number of nitrogens with one attached hydrogen (secondary N) is 1. The molecule has 1 amide bonds. The Morgan fingerprint density at radius 3 is 2.56 bits per heavy atom. The average molecular weight is 263 g/mol. The second-order valence-electron chi connectivity index (χ2n) is 3.64. The first kappa shape index (κ1) is 12.3. The molecule has 3 N–H and O–H groups in total. The molecular weight excluding hydrogens is 252 g/mol. The van der Waals surface area contributed by atoms with Crippen molar-refractivity contribution < 1.29 is 4.79 Å². The lowest BCUT2D eigenvalue weighted by molar-refractivity contribution is 0.0945. The van der Waals surface area contributed by atoms with Crippen LogP contribution in [0.5, 0.6) is 0 Å². The first-order valence-electron chi connectivity index (χ1n) is 5.25. The Bertz CT molecular complexity index is 539. The SMILES string of the molecule is Nc1cnc(C(=O)NCc2ccc(Cl)cc2)cn1. The lowest BCUT2D eigenvalue weighted by Crippen LogP contribution is -2.24. The van der Waals surface area contributed by atoms with Crippen LogP contribution in [-0.2, 0) is 6.54 Å². The molecule has 2 rings (SSSR count). The third-order valence-corrected chi connectivity index (χ3v) is 2.52. The summed E-state index contributed by atoms with van der Waals surface area (Å²) in [5.74, 6) is -0.0123. The van der Waals surface area contributed by atoms with E-state index < -0.39 is 0 Å². The van der Waals surface area contributed by atoms with Crippen LogP contribution in [0.3, 0.4) is 0 Å². The summed E-state index contributed by atoms with van der Waals surface area (Å²) in [5.41, 5.74) is 6.58. The van der Waals surface area contributed by atoms with Crippen molar-refractivity contribution in [3.8, 4) is 0 Å². The van der Waals surface area contributed by atoms with Crippen LogP contribution >= 0.6 is 11.6 Å². The minimum absolute atomic E-state index is 0.234. The Morgan fingerprint density at radius 1 is 1.22 bits per heavy atom. The summed E-state index contributed by atoms with van der Waals surface area (Å²) in [6.07, 6.45) is 2.68. The maximum atomic E-state index is 11.7. The van der Waals surface area contributed by atoms with E-state index in [2.05, 4.69) is 15.3 Å². The number of hydrogen-bond acceptors (Lipinski definition) is 4. The van der Waals surface area contributed by atoms with Crippen LogP contribution in [0.4, 0.5) is 5.82 Å². The highest BCUT2D eigenvalue weighted by molar-refractivity contribution is 6.30. The highest BCUT2D eigenvalue weighted by Gasteiger charge is 2.06. The van der Waals surface area contributed by atoms with Crippen LogP contribution in [0, 0.1) is 0 Å². The second kappa shape index (κ2) is 5.46. The number of benzene rings is 1. The molecule has 1 aromatic carbocycles. The Labute approximate surface area is 109 Å².